The summed E-state index contributed by atoms with van der Waals surface area (Å²) in [7, 11) is 0. The molecular weight excluding hydrogens is 210 g/mol. The summed E-state index contributed by atoms with van der Waals surface area (Å²) >= 11 is 0. The van der Waals surface area contributed by atoms with Crippen molar-refractivity contribution in [3.8, 4) is 0 Å². The third-order valence-corrected chi connectivity index (χ3v) is 3.83. The molecule has 102 valence electrons. The molecule has 0 amide bonds. The van der Waals surface area contributed by atoms with E-state index < -0.39 is 0 Å². The molecule has 0 aromatic heterocycles. The van der Waals surface area contributed by atoms with Gasteiger partial charge < -0.3 is 10.1 Å². The van der Waals surface area contributed by atoms with E-state index in [2.05, 4.69) is 39.9 Å². The molecule has 0 aromatic carbocycles. The van der Waals surface area contributed by atoms with Crippen LogP contribution in [0.3, 0.4) is 0 Å². The predicted molar refractivity (Wildman–Crippen MR) is 74.3 cm³/mol. The van der Waals surface area contributed by atoms with E-state index in [9.17, 15) is 0 Å². The van der Waals surface area contributed by atoms with Crippen LogP contribution in [-0.2, 0) is 4.74 Å². The smallest absolute Gasteiger partial charge is 0.0466 e. The second kappa shape index (κ2) is 6.19. The molecule has 1 atom stereocenters. The van der Waals surface area contributed by atoms with Crippen LogP contribution < -0.4 is 5.32 Å². The van der Waals surface area contributed by atoms with Crippen LogP contribution in [0.1, 0.15) is 60.3 Å². The molecule has 1 fully saturated rings. The van der Waals surface area contributed by atoms with Crippen molar-refractivity contribution < 1.29 is 4.74 Å². The summed E-state index contributed by atoms with van der Waals surface area (Å²) in [5.41, 5.74) is 0.709. The Morgan fingerprint density at radius 1 is 1.18 bits per heavy atom. The third kappa shape index (κ3) is 5.87. The molecule has 1 aliphatic carbocycles. The van der Waals surface area contributed by atoms with E-state index in [1.807, 2.05) is 0 Å². The van der Waals surface area contributed by atoms with Crippen molar-refractivity contribution >= 4 is 0 Å². The Morgan fingerprint density at radius 3 is 2.29 bits per heavy atom. The zero-order valence-electron chi connectivity index (χ0n) is 12.4. The highest BCUT2D eigenvalue weighted by atomic mass is 16.5. The Hall–Kier alpha value is -0.0800. The average Bonchev–Trinajstić information content (AvgIpc) is 3.04. The van der Waals surface area contributed by atoms with Gasteiger partial charge in [0.2, 0.25) is 0 Å². The van der Waals surface area contributed by atoms with E-state index >= 15 is 0 Å². The minimum Gasteiger partial charge on any atom is -0.382 e. The highest BCUT2D eigenvalue weighted by Gasteiger charge is 2.41. The number of nitrogens with one attached hydrogen (secondary N) is 1. The highest BCUT2D eigenvalue weighted by molar-refractivity contribution is 4.93. The van der Waals surface area contributed by atoms with Crippen LogP contribution in [-0.4, -0.2) is 25.3 Å². The first-order chi connectivity index (χ1) is 7.87. The van der Waals surface area contributed by atoms with Crippen LogP contribution in [0.2, 0.25) is 0 Å². The van der Waals surface area contributed by atoms with Crippen molar-refractivity contribution in [1.82, 2.24) is 5.32 Å². The van der Waals surface area contributed by atoms with Gasteiger partial charge in [-0.1, -0.05) is 6.92 Å². The fraction of sp³-hybridized carbons (Fsp3) is 1.00. The summed E-state index contributed by atoms with van der Waals surface area (Å²) in [6, 6.07) is 0. The maximum atomic E-state index is 5.45. The normalized spacial score (nSPS) is 20.3. The minimum atomic E-state index is 0.232. The van der Waals surface area contributed by atoms with E-state index in [0.717, 1.165) is 25.7 Å². The molecule has 0 heterocycles. The lowest BCUT2D eigenvalue weighted by atomic mass is 9.80. The maximum Gasteiger partial charge on any atom is 0.0466 e. The van der Waals surface area contributed by atoms with Crippen LogP contribution in [0, 0.1) is 11.3 Å². The van der Waals surface area contributed by atoms with Gasteiger partial charge in [0.15, 0.2) is 0 Å². The number of rotatable bonds is 8. The fourth-order valence-electron chi connectivity index (χ4n) is 2.41. The fourth-order valence-corrected chi connectivity index (χ4v) is 2.41. The maximum absolute atomic E-state index is 5.45. The Bertz CT molecular complexity index is 217. The van der Waals surface area contributed by atoms with Crippen molar-refractivity contribution in [2.24, 2.45) is 11.3 Å². The Labute approximate surface area is 108 Å². The summed E-state index contributed by atoms with van der Waals surface area (Å²) in [6.45, 7) is 14.2. The zero-order valence-corrected chi connectivity index (χ0v) is 12.4. The average molecular weight is 241 g/mol. The highest BCUT2D eigenvalue weighted by Crippen LogP contribution is 2.48. The van der Waals surface area contributed by atoms with Gasteiger partial charge in [0.1, 0.15) is 0 Å². The first kappa shape index (κ1) is 15.0. The van der Waals surface area contributed by atoms with Crippen molar-refractivity contribution in [3.05, 3.63) is 0 Å². The Balaban J connectivity index is 2.34. The van der Waals surface area contributed by atoms with Gasteiger partial charge in [-0.05, 0) is 64.7 Å². The lowest BCUT2D eigenvalue weighted by Gasteiger charge is -2.34. The van der Waals surface area contributed by atoms with Crippen LogP contribution in [0.5, 0.6) is 0 Å². The number of ether oxygens (including phenoxy) is 1. The van der Waals surface area contributed by atoms with Gasteiger partial charge in [0, 0.05) is 25.3 Å². The van der Waals surface area contributed by atoms with Gasteiger partial charge >= 0.3 is 0 Å². The van der Waals surface area contributed by atoms with Crippen molar-refractivity contribution in [1.29, 1.82) is 0 Å². The quantitative estimate of drug-likeness (QED) is 0.656. The van der Waals surface area contributed by atoms with E-state index in [1.165, 1.54) is 25.7 Å². The van der Waals surface area contributed by atoms with E-state index in [0.29, 0.717) is 5.41 Å². The molecule has 0 aromatic rings. The summed E-state index contributed by atoms with van der Waals surface area (Å²) in [6.07, 6.45) is 5.35. The van der Waals surface area contributed by atoms with Gasteiger partial charge in [0.05, 0.1) is 0 Å². The molecule has 1 N–H and O–H groups in total. The lowest BCUT2D eigenvalue weighted by molar-refractivity contribution is 0.121. The minimum absolute atomic E-state index is 0.232. The third-order valence-electron chi connectivity index (χ3n) is 3.83. The standard InChI is InChI=1S/C15H31NO/c1-6-17-11-7-10-15(5,13-8-9-13)12-16-14(2,3)4/h13,16H,6-12H2,1-5H3. The molecule has 1 saturated carbocycles. The van der Waals surface area contributed by atoms with Crippen LogP contribution in [0.4, 0.5) is 0 Å². The van der Waals surface area contributed by atoms with Crippen molar-refractivity contribution in [2.45, 2.75) is 65.8 Å². The number of hydrogen-bond acceptors (Lipinski definition) is 2. The second-order valence-electron chi connectivity index (χ2n) is 6.83. The monoisotopic (exact) mass is 241 g/mol. The molecule has 0 spiro atoms. The summed E-state index contributed by atoms with van der Waals surface area (Å²) in [4.78, 5) is 0. The van der Waals surface area contributed by atoms with E-state index in [1.54, 1.807) is 0 Å². The van der Waals surface area contributed by atoms with Gasteiger partial charge in [-0.25, -0.2) is 0 Å². The van der Waals surface area contributed by atoms with Crippen LogP contribution in [0.25, 0.3) is 0 Å². The second-order valence-corrected chi connectivity index (χ2v) is 6.83. The molecule has 2 heteroatoms. The van der Waals surface area contributed by atoms with Crippen LogP contribution in [0.15, 0.2) is 0 Å². The molecular formula is C15H31NO. The van der Waals surface area contributed by atoms with Gasteiger partial charge in [-0.3, -0.25) is 0 Å². The van der Waals surface area contributed by atoms with Crippen molar-refractivity contribution in [2.75, 3.05) is 19.8 Å². The topological polar surface area (TPSA) is 21.3 Å². The molecule has 1 unspecified atom stereocenters. The van der Waals surface area contributed by atoms with E-state index in [-0.39, 0.29) is 5.54 Å². The van der Waals surface area contributed by atoms with Gasteiger partial charge in [-0.15, -0.1) is 0 Å². The Kier molecular flexibility index (Phi) is 5.46. The molecule has 0 bridgehead atoms. The molecule has 1 rings (SSSR count). The summed E-state index contributed by atoms with van der Waals surface area (Å²) in [5.74, 6) is 0.943. The predicted octanol–water partition coefficient (Wildman–Crippen LogP) is 3.61. The summed E-state index contributed by atoms with van der Waals surface area (Å²) < 4.78 is 5.45. The zero-order chi connectivity index (χ0) is 12.9. The first-order valence-corrected chi connectivity index (χ1v) is 7.20. The molecule has 2 nitrogen and oxygen atoms in total. The molecule has 0 saturated heterocycles. The Morgan fingerprint density at radius 2 is 1.82 bits per heavy atom. The molecule has 0 radical (unpaired) electrons. The summed E-state index contributed by atoms with van der Waals surface area (Å²) in [5, 5.41) is 3.68. The SMILES string of the molecule is CCOCCCC(C)(CNC(C)(C)C)C1CC1. The number of hydrogen-bond donors (Lipinski definition) is 1. The van der Waals surface area contributed by atoms with Gasteiger partial charge in [0.25, 0.3) is 0 Å². The van der Waals surface area contributed by atoms with Gasteiger partial charge in [-0.2, -0.15) is 0 Å². The largest absolute Gasteiger partial charge is 0.382 e. The van der Waals surface area contributed by atoms with E-state index in [4.69, 9.17) is 4.74 Å². The molecule has 17 heavy (non-hydrogen) atoms. The first-order valence-electron chi connectivity index (χ1n) is 7.20. The van der Waals surface area contributed by atoms with Crippen LogP contribution >= 0.6 is 0 Å². The lowest BCUT2D eigenvalue weighted by Crippen LogP contribution is -2.43. The van der Waals surface area contributed by atoms with Crippen molar-refractivity contribution in [3.63, 3.8) is 0 Å². The molecule has 0 aliphatic heterocycles. The molecule has 1 aliphatic rings.